The zero-order chi connectivity index (χ0) is 16.4. The molecule has 3 rings (SSSR count). The lowest BCUT2D eigenvalue weighted by Crippen LogP contribution is -2.13. The number of amides is 1. The summed E-state index contributed by atoms with van der Waals surface area (Å²) >= 11 is 19.2. The number of aromatic nitrogens is 2. The van der Waals surface area contributed by atoms with Gasteiger partial charge in [-0.25, -0.2) is 0 Å². The van der Waals surface area contributed by atoms with Gasteiger partial charge in [0, 0.05) is 9.90 Å². The van der Waals surface area contributed by atoms with E-state index in [1.54, 1.807) is 30.3 Å². The number of carbonyl (C=O) groups excluding carboxylic acids is 1. The van der Waals surface area contributed by atoms with Crippen LogP contribution in [-0.2, 0) is 11.2 Å². The highest BCUT2D eigenvalue weighted by Crippen LogP contribution is 2.30. The molecule has 0 unspecified atom stereocenters. The van der Waals surface area contributed by atoms with Crippen LogP contribution in [0.4, 0.5) is 6.01 Å². The van der Waals surface area contributed by atoms with Gasteiger partial charge in [-0.05, 0) is 30.3 Å². The van der Waals surface area contributed by atoms with Crippen molar-refractivity contribution in [3.63, 3.8) is 0 Å². The summed E-state index contributed by atoms with van der Waals surface area (Å²) in [5, 5.41) is 11.1. The summed E-state index contributed by atoms with van der Waals surface area (Å²) in [7, 11) is 0. The van der Waals surface area contributed by atoms with Gasteiger partial charge in [-0.2, -0.15) is 0 Å². The highest BCUT2D eigenvalue weighted by Gasteiger charge is 2.15. The average Bonchev–Trinajstić information content (AvgIpc) is 3.11. The molecule has 1 N–H and O–H groups in total. The van der Waals surface area contributed by atoms with Crippen LogP contribution in [0.5, 0.6) is 0 Å². The maximum atomic E-state index is 11.9. The Bertz CT molecular complexity index is 863. The Morgan fingerprint density at radius 2 is 2.00 bits per heavy atom. The molecule has 118 valence electrons. The van der Waals surface area contributed by atoms with Crippen LogP contribution in [0.15, 0.2) is 34.7 Å². The van der Waals surface area contributed by atoms with Crippen LogP contribution in [0.2, 0.25) is 14.4 Å². The number of nitrogens with zero attached hydrogens (tertiary/aromatic N) is 2. The van der Waals surface area contributed by atoms with Gasteiger partial charge in [-0.1, -0.05) is 39.9 Å². The molecular weight excluding hydrogens is 381 g/mol. The number of halogens is 3. The number of hydrogen-bond acceptors (Lipinski definition) is 5. The first kappa shape index (κ1) is 16.3. The second-order valence-corrected chi connectivity index (χ2v) is 7.11. The highest BCUT2D eigenvalue weighted by atomic mass is 35.5. The third-order valence-corrected chi connectivity index (χ3v) is 4.59. The van der Waals surface area contributed by atoms with Crippen LogP contribution in [-0.4, -0.2) is 16.1 Å². The fraction of sp³-hybridized carbons (Fsp3) is 0.0714. The molecule has 9 heteroatoms. The van der Waals surface area contributed by atoms with E-state index < -0.39 is 0 Å². The molecule has 0 bridgehead atoms. The largest absolute Gasteiger partial charge is 0.403 e. The van der Waals surface area contributed by atoms with Gasteiger partial charge < -0.3 is 4.42 Å². The molecule has 0 aliphatic rings. The first-order valence-corrected chi connectivity index (χ1v) is 8.29. The molecule has 0 saturated heterocycles. The Morgan fingerprint density at radius 3 is 2.74 bits per heavy atom. The molecule has 5 nitrogen and oxygen atoms in total. The minimum absolute atomic E-state index is 0.0105. The lowest BCUT2D eigenvalue weighted by Gasteiger charge is -2.00. The Balaban J connectivity index is 1.72. The molecule has 0 spiro atoms. The molecule has 1 aromatic carbocycles. The van der Waals surface area contributed by atoms with E-state index in [-0.39, 0.29) is 24.2 Å². The normalized spacial score (nSPS) is 10.7. The van der Waals surface area contributed by atoms with E-state index in [0.717, 1.165) is 4.88 Å². The monoisotopic (exact) mass is 387 g/mol. The second kappa shape index (κ2) is 6.88. The number of thiophene rings is 1. The van der Waals surface area contributed by atoms with Gasteiger partial charge in [0.1, 0.15) is 0 Å². The molecule has 3 aromatic rings. The Labute approximate surface area is 150 Å². The molecule has 2 heterocycles. The van der Waals surface area contributed by atoms with Gasteiger partial charge in [0.25, 0.3) is 5.89 Å². The average molecular weight is 389 g/mol. The van der Waals surface area contributed by atoms with E-state index in [1.165, 1.54) is 11.3 Å². The zero-order valence-corrected chi connectivity index (χ0v) is 14.4. The smallest absolute Gasteiger partial charge is 0.322 e. The predicted octanol–water partition coefficient (Wildman–Crippen LogP) is 4.94. The maximum Gasteiger partial charge on any atom is 0.322 e. The van der Waals surface area contributed by atoms with Crippen LogP contribution < -0.4 is 5.32 Å². The summed E-state index contributed by atoms with van der Waals surface area (Å²) in [6, 6.07) is 8.40. The summed E-state index contributed by atoms with van der Waals surface area (Å²) in [6.45, 7) is 0. The van der Waals surface area contributed by atoms with Crippen LogP contribution in [0.25, 0.3) is 11.5 Å². The molecule has 0 aliphatic heterocycles. The summed E-state index contributed by atoms with van der Waals surface area (Å²) in [4.78, 5) is 12.8. The first-order valence-electron chi connectivity index (χ1n) is 6.34. The third-order valence-electron chi connectivity index (χ3n) is 2.79. The number of hydrogen-bond donors (Lipinski definition) is 1. The van der Waals surface area contributed by atoms with E-state index >= 15 is 0 Å². The molecule has 2 aromatic heterocycles. The van der Waals surface area contributed by atoms with Crippen molar-refractivity contribution in [2.24, 2.45) is 0 Å². The van der Waals surface area contributed by atoms with Crippen molar-refractivity contribution >= 4 is 58.1 Å². The van der Waals surface area contributed by atoms with Gasteiger partial charge in [0.15, 0.2) is 0 Å². The lowest BCUT2D eigenvalue weighted by molar-refractivity contribution is -0.115. The zero-order valence-electron chi connectivity index (χ0n) is 11.3. The predicted molar refractivity (Wildman–Crippen MR) is 91.4 cm³/mol. The fourth-order valence-corrected chi connectivity index (χ4v) is 3.27. The van der Waals surface area contributed by atoms with Crippen molar-refractivity contribution < 1.29 is 9.21 Å². The van der Waals surface area contributed by atoms with Crippen molar-refractivity contribution in [1.82, 2.24) is 10.2 Å². The standard InChI is InChI=1S/C14H8Cl3N3O2S/c15-7-1-3-10(16)9(5-7)13-19-20-14(22-13)18-12(21)6-8-2-4-11(17)23-8/h1-5H,6H2,(H,18,20,21). The quantitative estimate of drug-likeness (QED) is 0.687. The van der Waals surface area contributed by atoms with Crippen molar-refractivity contribution in [2.45, 2.75) is 6.42 Å². The number of anilines is 1. The Kier molecular flexibility index (Phi) is 4.87. The molecule has 0 radical (unpaired) electrons. The molecule has 0 atom stereocenters. The van der Waals surface area contributed by atoms with Crippen LogP contribution in [0, 0.1) is 0 Å². The van der Waals surface area contributed by atoms with Gasteiger partial charge in [-0.15, -0.1) is 16.4 Å². The van der Waals surface area contributed by atoms with Crippen molar-refractivity contribution in [2.75, 3.05) is 5.32 Å². The fourth-order valence-electron chi connectivity index (χ4n) is 1.81. The highest BCUT2D eigenvalue weighted by molar-refractivity contribution is 7.16. The molecule has 23 heavy (non-hydrogen) atoms. The van der Waals surface area contributed by atoms with E-state index in [9.17, 15) is 4.79 Å². The van der Waals surface area contributed by atoms with Crippen LogP contribution in [0.1, 0.15) is 4.88 Å². The van der Waals surface area contributed by atoms with E-state index in [0.29, 0.717) is 19.9 Å². The number of benzene rings is 1. The van der Waals surface area contributed by atoms with E-state index in [4.69, 9.17) is 39.2 Å². The summed E-state index contributed by atoms with van der Waals surface area (Å²) < 4.78 is 6.03. The number of nitrogens with one attached hydrogen (secondary N) is 1. The summed E-state index contributed by atoms with van der Waals surface area (Å²) in [5.74, 6) is -0.108. The van der Waals surface area contributed by atoms with Crippen molar-refractivity contribution in [1.29, 1.82) is 0 Å². The third kappa shape index (κ3) is 4.03. The van der Waals surface area contributed by atoms with Crippen LogP contribution >= 0.6 is 46.1 Å². The second-order valence-electron chi connectivity index (χ2n) is 4.47. The Morgan fingerprint density at radius 1 is 1.17 bits per heavy atom. The van der Waals surface area contributed by atoms with Gasteiger partial charge in [-0.3, -0.25) is 10.1 Å². The summed E-state index contributed by atoms with van der Waals surface area (Å²) in [6.07, 6.45) is 0.174. The molecule has 1 amide bonds. The Hall–Kier alpha value is -1.60. The minimum atomic E-state index is -0.282. The first-order chi connectivity index (χ1) is 11.0. The summed E-state index contributed by atoms with van der Waals surface area (Å²) in [5.41, 5.74) is 0.497. The SMILES string of the molecule is O=C(Cc1ccc(Cl)s1)Nc1nnc(-c2cc(Cl)ccc2Cl)o1. The van der Waals surface area contributed by atoms with Crippen molar-refractivity contribution in [3.8, 4) is 11.5 Å². The molecular formula is C14H8Cl3N3O2S. The molecule has 0 fully saturated rings. The van der Waals surface area contributed by atoms with Crippen molar-refractivity contribution in [3.05, 3.63) is 49.6 Å². The van der Waals surface area contributed by atoms with E-state index in [1.807, 2.05) is 0 Å². The molecule has 0 saturated carbocycles. The van der Waals surface area contributed by atoms with Gasteiger partial charge in [0.05, 0.1) is 21.3 Å². The number of rotatable bonds is 4. The topological polar surface area (TPSA) is 68.0 Å². The lowest BCUT2D eigenvalue weighted by atomic mass is 10.2. The number of carbonyl (C=O) groups is 1. The molecule has 0 aliphatic carbocycles. The van der Waals surface area contributed by atoms with Gasteiger partial charge >= 0.3 is 6.01 Å². The maximum absolute atomic E-state index is 11.9. The van der Waals surface area contributed by atoms with Crippen LogP contribution in [0.3, 0.4) is 0 Å². The minimum Gasteiger partial charge on any atom is -0.403 e. The van der Waals surface area contributed by atoms with E-state index in [2.05, 4.69) is 15.5 Å². The van der Waals surface area contributed by atoms with Gasteiger partial charge in [0.2, 0.25) is 5.91 Å².